The Hall–Kier alpha value is -2.01. The van der Waals surface area contributed by atoms with Crippen LogP contribution in [0.3, 0.4) is 0 Å². The SMILES string of the molecule is O=C1N=C2C=CC=CC2C=C1Cc1cnc(N2CCCCC2)s1. The number of carbonyl (C=O) groups is 1. The smallest absolute Gasteiger partial charge is 0.273 e. The number of hydrogen-bond acceptors (Lipinski definition) is 4. The lowest BCUT2D eigenvalue weighted by Gasteiger charge is -2.25. The average molecular weight is 325 g/mol. The molecule has 0 aromatic carbocycles. The molecule has 1 aromatic heterocycles. The second-order valence-corrected chi connectivity index (χ2v) is 7.23. The average Bonchev–Trinajstić information content (AvgIpc) is 3.05. The number of fused-ring (bicyclic) bond motifs is 1. The van der Waals surface area contributed by atoms with E-state index in [1.54, 1.807) is 11.3 Å². The molecule has 1 aliphatic carbocycles. The molecule has 4 nitrogen and oxygen atoms in total. The predicted molar refractivity (Wildman–Crippen MR) is 94.2 cm³/mol. The van der Waals surface area contributed by atoms with Crippen LogP contribution in [0.4, 0.5) is 5.13 Å². The van der Waals surface area contributed by atoms with Gasteiger partial charge >= 0.3 is 0 Å². The lowest BCUT2D eigenvalue weighted by Crippen LogP contribution is -2.29. The first-order chi connectivity index (χ1) is 11.3. The number of carbonyl (C=O) groups excluding carboxylic acids is 1. The maximum atomic E-state index is 12.2. The molecule has 118 valence electrons. The normalized spacial score (nSPS) is 23.6. The Morgan fingerprint density at radius 2 is 2.09 bits per heavy atom. The third-order valence-corrected chi connectivity index (χ3v) is 5.51. The number of amides is 1. The summed E-state index contributed by atoms with van der Waals surface area (Å²) in [6.45, 7) is 2.20. The summed E-state index contributed by atoms with van der Waals surface area (Å²) in [5, 5.41) is 1.09. The van der Waals surface area contributed by atoms with E-state index in [4.69, 9.17) is 0 Å². The molecule has 4 rings (SSSR count). The van der Waals surface area contributed by atoms with Crippen LogP contribution in [-0.2, 0) is 11.2 Å². The summed E-state index contributed by atoms with van der Waals surface area (Å²) < 4.78 is 0. The van der Waals surface area contributed by atoms with Gasteiger partial charge in [0.15, 0.2) is 5.13 Å². The van der Waals surface area contributed by atoms with E-state index in [2.05, 4.69) is 21.0 Å². The number of thiazole rings is 1. The summed E-state index contributed by atoms with van der Waals surface area (Å²) in [5.74, 6) is 0.0336. The van der Waals surface area contributed by atoms with Crippen LogP contribution in [0.5, 0.6) is 0 Å². The molecule has 2 aliphatic heterocycles. The van der Waals surface area contributed by atoms with Crippen molar-refractivity contribution in [3.05, 3.63) is 47.0 Å². The molecule has 1 atom stereocenters. The minimum atomic E-state index is -0.107. The van der Waals surface area contributed by atoms with Crippen LogP contribution >= 0.6 is 11.3 Å². The molecule has 0 N–H and O–H groups in total. The summed E-state index contributed by atoms with van der Waals surface area (Å²) in [6.07, 6.45) is 16.3. The monoisotopic (exact) mass is 325 g/mol. The largest absolute Gasteiger partial charge is 0.348 e. The van der Waals surface area contributed by atoms with Gasteiger partial charge in [-0.25, -0.2) is 9.98 Å². The second kappa shape index (κ2) is 6.24. The van der Waals surface area contributed by atoms with E-state index in [9.17, 15) is 4.79 Å². The van der Waals surface area contributed by atoms with Gasteiger partial charge in [0, 0.05) is 42.1 Å². The van der Waals surface area contributed by atoms with Gasteiger partial charge in [-0.05, 0) is 25.3 Å². The first-order valence-corrected chi connectivity index (χ1v) is 8.99. The van der Waals surface area contributed by atoms with E-state index in [1.165, 1.54) is 19.3 Å². The number of allylic oxidation sites excluding steroid dienone is 5. The maximum absolute atomic E-state index is 12.2. The minimum Gasteiger partial charge on any atom is -0.348 e. The van der Waals surface area contributed by atoms with Crippen LogP contribution in [0.1, 0.15) is 24.1 Å². The zero-order chi connectivity index (χ0) is 15.6. The van der Waals surface area contributed by atoms with Crippen LogP contribution in [0.15, 0.2) is 47.1 Å². The van der Waals surface area contributed by atoms with Crippen LogP contribution < -0.4 is 4.90 Å². The Morgan fingerprint density at radius 3 is 2.96 bits per heavy atom. The summed E-state index contributed by atoms with van der Waals surface area (Å²) in [5.41, 5.74) is 1.63. The second-order valence-electron chi connectivity index (χ2n) is 6.14. The van der Waals surface area contributed by atoms with Gasteiger partial charge in [0.05, 0.1) is 5.71 Å². The summed E-state index contributed by atoms with van der Waals surface area (Å²) >= 11 is 1.71. The number of nitrogens with zero attached hydrogens (tertiary/aromatic N) is 3. The highest BCUT2D eigenvalue weighted by atomic mass is 32.1. The number of hydrogen-bond donors (Lipinski definition) is 0. The molecule has 0 saturated carbocycles. The standard InChI is InChI=1S/C18H19N3OS/c22-17-14(10-13-6-2-3-7-16(13)20-17)11-15-12-19-18(23-15)21-8-4-1-5-9-21/h2-3,6-7,10,12-13H,1,4-5,8-9,11H2. The van der Waals surface area contributed by atoms with Gasteiger partial charge in [0.1, 0.15) is 0 Å². The first-order valence-electron chi connectivity index (χ1n) is 8.18. The van der Waals surface area contributed by atoms with Crippen molar-refractivity contribution in [3.8, 4) is 0 Å². The lowest BCUT2D eigenvalue weighted by molar-refractivity contribution is -0.114. The molecule has 1 fully saturated rings. The molecule has 23 heavy (non-hydrogen) atoms. The number of anilines is 1. The van der Waals surface area contributed by atoms with E-state index >= 15 is 0 Å². The van der Waals surface area contributed by atoms with Gasteiger partial charge in [-0.1, -0.05) is 24.3 Å². The number of aromatic nitrogens is 1. The van der Waals surface area contributed by atoms with Crippen molar-refractivity contribution in [2.24, 2.45) is 10.9 Å². The highest BCUT2D eigenvalue weighted by Gasteiger charge is 2.23. The van der Waals surface area contributed by atoms with Crippen molar-refractivity contribution in [3.63, 3.8) is 0 Å². The van der Waals surface area contributed by atoms with Crippen molar-refractivity contribution in [1.82, 2.24) is 4.98 Å². The minimum absolute atomic E-state index is 0.107. The Balaban J connectivity index is 1.49. The molecule has 1 aromatic rings. The Morgan fingerprint density at radius 1 is 1.22 bits per heavy atom. The molecular weight excluding hydrogens is 306 g/mol. The third-order valence-electron chi connectivity index (χ3n) is 4.46. The molecule has 1 unspecified atom stereocenters. The van der Waals surface area contributed by atoms with Crippen LogP contribution in [0, 0.1) is 5.92 Å². The number of dihydropyridines is 1. The topological polar surface area (TPSA) is 45.6 Å². The predicted octanol–water partition coefficient (Wildman–Crippen LogP) is 3.33. The number of piperidine rings is 1. The Kier molecular flexibility index (Phi) is 3.95. The molecule has 5 heteroatoms. The first kappa shape index (κ1) is 14.6. The highest BCUT2D eigenvalue weighted by Crippen LogP contribution is 2.29. The zero-order valence-electron chi connectivity index (χ0n) is 12.9. The van der Waals surface area contributed by atoms with Crippen molar-refractivity contribution in [2.75, 3.05) is 18.0 Å². The Bertz CT molecular complexity index is 735. The van der Waals surface area contributed by atoms with Crippen molar-refractivity contribution in [1.29, 1.82) is 0 Å². The summed E-state index contributed by atoms with van der Waals surface area (Å²) in [4.78, 5) is 24.5. The van der Waals surface area contributed by atoms with Crippen LogP contribution in [0.25, 0.3) is 0 Å². The van der Waals surface area contributed by atoms with E-state index in [1.807, 2.05) is 30.5 Å². The van der Waals surface area contributed by atoms with E-state index in [0.29, 0.717) is 6.42 Å². The molecule has 0 spiro atoms. The fourth-order valence-corrected chi connectivity index (χ4v) is 4.19. The van der Waals surface area contributed by atoms with Crippen molar-refractivity contribution in [2.45, 2.75) is 25.7 Å². The van der Waals surface area contributed by atoms with Gasteiger partial charge in [-0.3, -0.25) is 4.79 Å². The van der Waals surface area contributed by atoms with E-state index < -0.39 is 0 Å². The van der Waals surface area contributed by atoms with Crippen molar-refractivity contribution < 1.29 is 4.79 Å². The molecular formula is C18H19N3OS. The van der Waals surface area contributed by atoms with Crippen molar-refractivity contribution >= 4 is 28.1 Å². The molecule has 1 saturated heterocycles. The molecule has 0 bridgehead atoms. The zero-order valence-corrected chi connectivity index (χ0v) is 13.8. The molecule has 3 aliphatic rings. The number of rotatable bonds is 3. The summed E-state index contributed by atoms with van der Waals surface area (Å²) in [6, 6.07) is 0. The third kappa shape index (κ3) is 3.06. The fourth-order valence-electron chi connectivity index (χ4n) is 3.21. The van der Waals surface area contributed by atoms with Gasteiger partial charge in [0.2, 0.25) is 0 Å². The molecule has 3 heterocycles. The molecule has 0 radical (unpaired) electrons. The van der Waals surface area contributed by atoms with E-state index in [-0.39, 0.29) is 11.8 Å². The van der Waals surface area contributed by atoms with Gasteiger partial charge in [-0.15, -0.1) is 11.3 Å². The Labute approximate surface area is 139 Å². The highest BCUT2D eigenvalue weighted by molar-refractivity contribution is 7.15. The van der Waals surface area contributed by atoms with Gasteiger partial charge in [0.25, 0.3) is 5.91 Å². The van der Waals surface area contributed by atoms with E-state index in [0.717, 1.165) is 34.4 Å². The quantitative estimate of drug-likeness (QED) is 0.856. The maximum Gasteiger partial charge on any atom is 0.273 e. The lowest BCUT2D eigenvalue weighted by atomic mass is 9.92. The summed E-state index contributed by atoms with van der Waals surface area (Å²) in [7, 11) is 0. The molecule has 1 amide bonds. The van der Waals surface area contributed by atoms with Gasteiger partial charge in [-0.2, -0.15) is 0 Å². The van der Waals surface area contributed by atoms with Crippen LogP contribution in [0.2, 0.25) is 0 Å². The van der Waals surface area contributed by atoms with Crippen LogP contribution in [-0.4, -0.2) is 29.7 Å². The number of aliphatic imine (C=N–C) groups is 1. The van der Waals surface area contributed by atoms with Gasteiger partial charge < -0.3 is 4.90 Å². The fraction of sp³-hybridized carbons (Fsp3) is 0.389.